The van der Waals surface area contributed by atoms with Gasteiger partial charge in [0, 0.05) is 26.8 Å². The molecule has 0 fully saturated rings. The number of carbonyl (C=O) groups is 1. The number of hydrogen-bond donors (Lipinski definition) is 1. The van der Waals surface area contributed by atoms with Crippen LogP contribution in [0, 0.1) is 0 Å². The van der Waals surface area contributed by atoms with E-state index in [9.17, 15) is 4.79 Å². The Balaban J connectivity index is 2.20. The van der Waals surface area contributed by atoms with Crippen molar-refractivity contribution in [2.45, 2.75) is 6.61 Å². The first kappa shape index (κ1) is 16.3. The summed E-state index contributed by atoms with van der Waals surface area (Å²) in [5.74, 6) is -0.172. The molecular weight excluding hydrogens is 300 g/mol. The molecule has 1 amide bonds. The minimum absolute atomic E-state index is 0.172. The summed E-state index contributed by atoms with van der Waals surface area (Å²) in [6, 6.07) is 12.8. The van der Waals surface area contributed by atoms with Crippen LogP contribution >= 0.6 is 11.6 Å². The largest absolute Gasteiger partial charge is 0.380 e. The Kier molecular flexibility index (Phi) is 5.41. The Labute approximate surface area is 135 Å². The molecule has 22 heavy (non-hydrogen) atoms. The number of ether oxygens (including phenoxy) is 1. The minimum atomic E-state index is -0.172. The van der Waals surface area contributed by atoms with Crippen LogP contribution in [0.25, 0.3) is 0 Å². The average molecular weight is 319 g/mol. The van der Waals surface area contributed by atoms with E-state index in [-0.39, 0.29) is 5.91 Å². The number of anilines is 2. The highest BCUT2D eigenvalue weighted by Gasteiger charge is 2.13. The van der Waals surface area contributed by atoms with E-state index in [4.69, 9.17) is 16.3 Å². The molecule has 0 aliphatic carbocycles. The summed E-state index contributed by atoms with van der Waals surface area (Å²) < 4.78 is 5.06. The van der Waals surface area contributed by atoms with Crippen LogP contribution < -0.4 is 10.2 Å². The number of methoxy groups -OCH3 is 1. The topological polar surface area (TPSA) is 41.6 Å². The second-order valence-corrected chi connectivity index (χ2v) is 5.52. The maximum Gasteiger partial charge on any atom is 0.255 e. The molecule has 116 valence electrons. The van der Waals surface area contributed by atoms with Crippen molar-refractivity contribution >= 4 is 28.9 Å². The molecule has 0 spiro atoms. The molecule has 0 atom stereocenters. The summed E-state index contributed by atoms with van der Waals surface area (Å²) in [6.45, 7) is 0.529. The van der Waals surface area contributed by atoms with Crippen LogP contribution in [0.15, 0.2) is 42.5 Å². The quantitative estimate of drug-likeness (QED) is 0.911. The number of rotatable bonds is 5. The lowest BCUT2D eigenvalue weighted by Gasteiger charge is -2.19. The van der Waals surface area contributed by atoms with E-state index < -0.39 is 0 Å². The fourth-order valence-electron chi connectivity index (χ4n) is 2.18. The third-order valence-corrected chi connectivity index (χ3v) is 3.51. The van der Waals surface area contributed by atoms with Gasteiger partial charge in [-0.15, -0.1) is 0 Å². The number of nitrogens with zero attached hydrogens (tertiary/aromatic N) is 1. The summed E-state index contributed by atoms with van der Waals surface area (Å²) in [5.41, 5.74) is 3.08. The van der Waals surface area contributed by atoms with Crippen LogP contribution in [-0.4, -0.2) is 27.1 Å². The zero-order chi connectivity index (χ0) is 16.1. The van der Waals surface area contributed by atoms with Gasteiger partial charge in [0.05, 0.1) is 23.0 Å². The number of halogens is 1. The van der Waals surface area contributed by atoms with Crippen molar-refractivity contribution in [2.75, 3.05) is 31.4 Å². The Bertz CT molecular complexity index is 654. The van der Waals surface area contributed by atoms with Crippen molar-refractivity contribution in [3.05, 3.63) is 58.6 Å². The number of benzene rings is 2. The highest BCUT2D eigenvalue weighted by Crippen LogP contribution is 2.32. The van der Waals surface area contributed by atoms with Gasteiger partial charge in [0.25, 0.3) is 5.91 Å². The van der Waals surface area contributed by atoms with Crippen LogP contribution in [-0.2, 0) is 11.3 Å². The van der Waals surface area contributed by atoms with Crippen LogP contribution in [0.4, 0.5) is 11.4 Å². The number of carbonyl (C=O) groups excluding carboxylic acids is 1. The maximum absolute atomic E-state index is 12.4. The number of para-hydroxylation sites is 1. The fraction of sp³-hybridized carbons (Fsp3) is 0.235. The standard InChI is InChI=1S/C17H19ClN2O2/c1-20(2)16-14(18)5-4-6-15(16)19-17(21)13-9-7-12(8-10-13)11-22-3/h4-10H,11H2,1-3H3,(H,19,21). The van der Waals surface area contributed by atoms with Gasteiger partial charge in [0.1, 0.15) is 0 Å². The van der Waals surface area contributed by atoms with Crippen LogP contribution in [0.5, 0.6) is 0 Å². The zero-order valence-electron chi connectivity index (χ0n) is 12.9. The highest BCUT2D eigenvalue weighted by molar-refractivity contribution is 6.34. The zero-order valence-corrected chi connectivity index (χ0v) is 13.6. The van der Waals surface area contributed by atoms with Crippen molar-refractivity contribution in [3.63, 3.8) is 0 Å². The van der Waals surface area contributed by atoms with Crippen LogP contribution in [0.2, 0.25) is 5.02 Å². The molecule has 4 nitrogen and oxygen atoms in total. The second-order valence-electron chi connectivity index (χ2n) is 5.11. The van der Waals surface area contributed by atoms with Gasteiger partial charge in [0.15, 0.2) is 0 Å². The molecule has 0 unspecified atom stereocenters. The van der Waals surface area contributed by atoms with E-state index in [0.717, 1.165) is 11.3 Å². The number of nitrogens with one attached hydrogen (secondary N) is 1. The van der Waals surface area contributed by atoms with Crippen molar-refractivity contribution < 1.29 is 9.53 Å². The second kappa shape index (κ2) is 7.29. The lowest BCUT2D eigenvalue weighted by molar-refractivity contribution is 0.102. The Hall–Kier alpha value is -2.04. The van der Waals surface area contributed by atoms with E-state index >= 15 is 0 Å². The van der Waals surface area contributed by atoms with Gasteiger partial charge in [-0.05, 0) is 29.8 Å². The molecule has 2 aromatic carbocycles. The summed E-state index contributed by atoms with van der Waals surface area (Å²) in [5, 5.41) is 3.50. The molecule has 5 heteroatoms. The van der Waals surface area contributed by atoms with Crippen molar-refractivity contribution in [1.82, 2.24) is 0 Å². The van der Waals surface area contributed by atoms with Gasteiger partial charge >= 0.3 is 0 Å². The Morgan fingerprint density at radius 3 is 2.45 bits per heavy atom. The first-order valence-corrected chi connectivity index (χ1v) is 7.25. The van der Waals surface area contributed by atoms with E-state index in [1.165, 1.54) is 0 Å². The molecule has 1 N–H and O–H groups in total. The van der Waals surface area contributed by atoms with Gasteiger partial charge in [-0.1, -0.05) is 29.8 Å². The Morgan fingerprint density at radius 2 is 1.86 bits per heavy atom. The monoisotopic (exact) mass is 318 g/mol. The predicted octanol–water partition coefficient (Wildman–Crippen LogP) is 3.80. The average Bonchev–Trinajstić information content (AvgIpc) is 2.48. The van der Waals surface area contributed by atoms with Gasteiger partial charge in [-0.2, -0.15) is 0 Å². The SMILES string of the molecule is COCc1ccc(C(=O)Nc2cccc(Cl)c2N(C)C)cc1. The molecule has 0 saturated heterocycles. The van der Waals surface area contributed by atoms with E-state index in [2.05, 4.69) is 5.32 Å². The molecule has 2 rings (SSSR count). The molecule has 0 saturated carbocycles. The molecule has 0 aromatic heterocycles. The summed E-state index contributed by atoms with van der Waals surface area (Å²) in [6.07, 6.45) is 0. The molecular formula is C17H19ClN2O2. The third-order valence-electron chi connectivity index (χ3n) is 3.21. The molecule has 0 aliphatic rings. The van der Waals surface area contributed by atoms with Gasteiger partial charge < -0.3 is 15.0 Å². The maximum atomic E-state index is 12.4. The van der Waals surface area contributed by atoms with E-state index in [1.807, 2.05) is 43.3 Å². The normalized spacial score (nSPS) is 10.4. The van der Waals surface area contributed by atoms with Crippen molar-refractivity contribution in [1.29, 1.82) is 0 Å². The molecule has 0 heterocycles. The number of amides is 1. The van der Waals surface area contributed by atoms with E-state index in [1.54, 1.807) is 25.3 Å². The third kappa shape index (κ3) is 3.78. The molecule has 2 aromatic rings. The van der Waals surface area contributed by atoms with Gasteiger partial charge in [-0.25, -0.2) is 0 Å². The van der Waals surface area contributed by atoms with Crippen LogP contribution in [0.3, 0.4) is 0 Å². The lowest BCUT2D eigenvalue weighted by atomic mass is 10.1. The van der Waals surface area contributed by atoms with Gasteiger partial charge in [0.2, 0.25) is 0 Å². The predicted molar refractivity (Wildman–Crippen MR) is 90.9 cm³/mol. The first-order valence-electron chi connectivity index (χ1n) is 6.88. The molecule has 0 radical (unpaired) electrons. The fourth-order valence-corrected chi connectivity index (χ4v) is 2.53. The summed E-state index contributed by atoms with van der Waals surface area (Å²) >= 11 is 6.20. The number of hydrogen-bond acceptors (Lipinski definition) is 3. The summed E-state index contributed by atoms with van der Waals surface area (Å²) in [4.78, 5) is 14.2. The van der Waals surface area contributed by atoms with Crippen molar-refractivity contribution in [2.24, 2.45) is 0 Å². The smallest absolute Gasteiger partial charge is 0.255 e. The lowest BCUT2D eigenvalue weighted by Crippen LogP contribution is -2.17. The molecule has 0 aliphatic heterocycles. The first-order chi connectivity index (χ1) is 10.5. The van der Waals surface area contributed by atoms with Gasteiger partial charge in [-0.3, -0.25) is 4.79 Å². The van der Waals surface area contributed by atoms with Crippen LogP contribution in [0.1, 0.15) is 15.9 Å². The van der Waals surface area contributed by atoms with E-state index in [0.29, 0.717) is 22.9 Å². The minimum Gasteiger partial charge on any atom is -0.380 e. The Morgan fingerprint density at radius 1 is 1.18 bits per heavy atom. The van der Waals surface area contributed by atoms with Crippen molar-refractivity contribution in [3.8, 4) is 0 Å². The highest BCUT2D eigenvalue weighted by atomic mass is 35.5. The molecule has 0 bridgehead atoms. The summed E-state index contributed by atoms with van der Waals surface area (Å²) in [7, 11) is 5.41.